The maximum Gasteiger partial charge on any atom is 0.142 e. The second-order valence-corrected chi connectivity index (χ2v) is 4.13. The van der Waals surface area contributed by atoms with Crippen molar-refractivity contribution in [1.29, 1.82) is 0 Å². The van der Waals surface area contributed by atoms with Crippen molar-refractivity contribution in [2.24, 2.45) is 5.16 Å². The van der Waals surface area contributed by atoms with Gasteiger partial charge in [-0.05, 0) is 30.2 Å². The van der Waals surface area contributed by atoms with Crippen molar-refractivity contribution in [1.82, 2.24) is 0 Å². The second-order valence-electron chi connectivity index (χ2n) is 4.13. The minimum absolute atomic E-state index is 0.448. The highest BCUT2D eigenvalue weighted by molar-refractivity contribution is 5.79. The lowest BCUT2D eigenvalue weighted by Gasteiger charge is -2.03. The van der Waals surface area contributed by atoms with E-state index >= 15 is 0 Å². The van der Waals surface area contributed by atoms with Gasteiger partial charge < -0.3 is 9.57 Å². The van der Waals surface area contributed by atoms with Crippen molar-refractivity contribution in [3.8, 4) is 5.75 Å². The molecular weight excluding hydrogens is 238 g/mol. The zero-order chi connectivity index (χ0) is 13.5. The molecule has 0 aromatic heterocycles. The summed E-state index contributed by atoms with van der Waals surface area (Å²) in [5, 5.41) is 3.85. The van der Waals surface area contributed by atoms with E-state index < -0.39 is 0 Å². The van der Waals surface area contributed by atoms with Crippen LogP contribution < -0.4 is 4.74 Å². The summed E-state index contributed by atoms with van der Waals surface area (Å²) in [6.45, 7) is 2.50. The maximum atomic E-state index is 5.25. The van der Waals surface area contributed by atoms with Crippen LogP contribution in [0, 0.1) is 6.92 Å². The third-order valence-corrected chi connectivity index (χ3v) is 2.79. The molecule has 19 heavy (non-hydrogen) atoms. The van der Waals surface area contributed by atoms with Gasteiger partial charge in [-0.1, -0.05) is 41.6 Å². The van der Waals surface area contributed by atoms with Crippen molar-refractivity contribution in [2.45, 2.75) is 13.5 Å². The van der Waals surface area contributed by atoms with Gasteiger partial charge in [-0.15, -0.1) is 0 Å². The Morgan fingerprint density at radius 3 is 2.74 bits per heavy atom. The zero-order valence-corrected chi connectivity index (χ0v) is 11.1. The number of nitrogens with zero attached hydrogens (tertiary/aromatic N) is 1. The van der Waals surface area contributed by atoms with Crippen LogP contribution in [0.15, 0.2) is 53.7 Å². The molecule has 0 N–H and O–H groups in total. The highest BCUT2D eigenvalue weighted by Crippen LogP contribution is 2.11. The average Bonchev–Trinajstić information content (AvgIpc) is 2.45. The molecule has 0 fully saturated rings. The molecule has 97 valence electrons. The van der Waals surface area contributed by atoms with E-state index in [-0.39, 0.29) is 0 Å². The van der Waals surface area contributed by atoms with Gasteiger partial charge in [0.1, 0.15) is 18.6 Å². The van der Waals surface area contributed by atoms with E-state index in [1.165, 1.54) is 5.56 Å². The van der Waals surface area contributed by atoms with Crippen LogP contribution >= 0.6 is 0 Å². The lowest BCUT2D eigenvalue weighted by molar-refractivity contribution is 0.131. The molecule has 3 nitrogen and oxygen atoms in total. The molecule has 0 aliphatic heterocycles. The summed E-state index contributed by atoms with van der Waals surface area (Å²) in [6.07, 6.45) is 2.83. The smallest absolute Gasteiger partial charge is 0.142 e. The quantitative estimate of drug-likeness (QED) is 0.604. The largest absolute Gasteiger partial charge is 0.497 e. The number of hydrogen-bond donors (Lipinski definition) is 0. The fourth-order valence-corrected chi connectivity index (χ4v) is 1.65. The minimum Gasteiger partial charge on any atom is -0.497 e. The van der Waals surface area contributed by atoms with Gasteiger partial charge in [-0.25, -0.2) is 0 Å². The summed E-state index contributed by atoms with van der Waals surface area (Å²) >= 11 is 0. The molecule has 0 saturated heterocycles. The standard InChI is InChI=1S/C16H16NO2/c1-13-6-3-4-8-15(13)12-19-17-11-14-7-5-9-16(10-14)18-2/h3-10H,12H2,1-2H3. The minimum atomic E-state index is 0.448. The van der Waals surface area contributed by atoms with Gasteiger partial charge in [-0.2, -0.15) is 0 Å². The molecule has 0 atom stereocenters. The summed E-state index contributed by atoms with van der Waals surface area (Å²) < 4.78 is 5.12. The van der Waals surface area contributed by atoms with Gasteiger partial charge in [0, 0.05) is 5.56 Å². The first kappa shape index (κ1) is 13.1. The number of rotatable bonds is 5. The Labute approximate surface area is 113 Å². The molecule has 0 amide bonds. The Kier molecular flexibility index (Phi) is 4.56. The number of ether oxygens (including phenoxy) is 1. The van der Waals surface area contributed by atoms with E-state index in [4.69, 9.17) is 9.57 Å². The van der Waals surface area contributed by atoms with Gasteiger partial charge >= 0.3 is 0 Å². The lowest BCUT2D eigenvalue weighted by atomic mass is 10.1. The first-order valence-corrected chi connectivity index (χ1v) is 6.06. The van der Waals surface area contributed by atoms with Crippen molar-refractivity contribution in [3.63, 3.8) is 0 Å². The van der Waals surface area contributed by atoms with Crippen LogP contribution in [-0.4, -0.2) is 13.3 Å². The molecule has 2 rings (SSSR count). The van der Waals surface area contributed by atoms with Crippen LogP contribution in [0.2, 0.25) is 0 Å². The molecule has 0 spiro atoms. The van der Waals surface area contributed by atoms with Gasteiger partial charge in [0.05, 0.1) is 7.11 Å². The predicted molar refractivity (Wildman–Crippen MR) is 75.5 cm³/mol. The van der Waals surface area contributed by atoms with Crippen LogP contribution in [0.5, 0.6) is 5.75 Å². The highest BCUT2D eigenvalue weighted by atomic mass is 16.6. The number of benzene rings is 2. The van der Waals surface area contributed by atoms with Crippen LogP contribution in [0.4, 0.5) is 0 Å². The van der Waals surface area contributed by atoms with E-state index in [1.807, 2.05) is 55.5 Å². The van der Waals surface area contributed by atoms with Crippen LogP contribution in [0.1, 0.15) is 16.7 Å². The molecule has 3 heteroatoms. The van der Waals surface area contributed by atoms with E-state index in [0.717, 1.165) is 16.9 Å². The van der Waals surface area contributed by atoms with Gasteiger partial charge in [-0.3, -0.25) is 0 Å². The van der Waals surface area contributed by atoms with E-state index in [0.29, 0.717) is 6.61 Å². The number of aryl methyl sites for hydroxylation is 1. The zero-order valence-electron chi connectivity index (χ0n) is 11.1. The Morgan fingerprint density at radius 2 is 1.95 bits per heavy atom. The lowest BCUT2D eigenvalue weighted by Crippen LogP contribution is -1.91. The van der Waals surface area contributed by atoms with Crippen molar-refractivity contribution >= 4 is 6.21 Å². The molecular formula is C16H16NO2. The van der Waals surface area contributed by atoms with Crippen molar-refractivity contribution < 1.29 is 9.57 Å². The van der Waals surface area contributed by atoms with Gasteiger partial charge in [0.2, 0.25) is 0 Å². The molecule has 0 unspecified atom stereocenters. The van der Waals surface area contributed by atoms with Crippen molar-refractivity contribution in [3.05, 3.63) is 65.2 Å². The first-order chi connectivity index (χ1) is 9.29. The third kappa shape index (κ3) is 3.85. The highest BCUT2D eigenvalue weighted by Gasteiger charge is 1.97. The Balaban J connectivity index is 1.91. The summed E-state index contributed by atoms with van der Waals surface area (Å²) in [7, 11) is 1.63. The summed E-state index contributed by atoms with van der Waals surface area (Å²) in [4.78, 5) is 5.25. The van der Waals surface area contributed by atoms with Crippen LogP contribution in [0.25, 0.3) is 0 Å². The Hall–Kier alpha value is -2.29. The molecule has 0 aliphatic rings. The first-order valence-electron chi connectivity index (χ1n) is 6.06. The molecule has 1 radical (unpaired) electrons. The number of hydrogen-bond acceptors (Lipinski definition) is 3. The SMILES string of the molecule is COc1cccc(/[C]=N\OCc2ccccc2C)c1. The predicted octanol–water partition coefficient (Wildman–Crippen LogP) is 3.43. The number of methoxy groups -OCH3 is 1. The fraction of sp³-hybridized carbons (Fsp3) is 0.188. The van der Waals surface area contributed by atoms with E-state index in [1.54, 1.807) is 7.11 Å². The monoisotopic (exact) mass is 254 g/mol. The maximum absolute atomic E-state index is 5.25. The van der Waals surface area contributed by atoms with E-state index in [9.17, 15) is 0 Å². The Bertz CT molecular complexity index is 564. The van der Waals surface area contributed by atoms with Crippen LogP contribution in [-0.2, 0) is 11.4 Å². The molecule has 0 saturated carbocycles. The average molecular weight is 254 g/mol. The summed E-state index contributed by atoms with van der Waals surface area (Å²) in [5.41, 5.74) is 3.14. The van der Waals surface area contributed by atoms with Gasteiger partial charge in [0.15, 0.2) is 0 Å². The van der Waals surface area contributed by atoms with E-state index in [2.05, 4.69) is 11.4 Å². The fourth-order valence-electron chi connectivity index (χ4n) is 1.65. The molecule has 0 bridgehead atoms. The topological polar surface area (TPSA) is 30.8 Å². The molecule has 2 aromatic rings. The Morgan fingerprint density at radius 1 is 1.11 bits per heavy atom. The van der Waals surface area contributed by atoms with Crippen molar-refractivity contribution in [2.75, 3.05) is 7.11 Å². The summed E-state index contributed by atoms with van der Waals surface area (Å²) in [6, 6.07) is 15.6. The third-order valence-electron chi connectivity index (χ3n) is 2.79. The molecule has 0 heterocycles. The normalized spacial score (nSPS) is 10.6. The molecule has 0 aliphatic carbocycles. The van der Waals surface area contributed by atoms with Crippen LogP contribution in [0.3, 0.4) is 0 Å². The van der Waals surface area contributed by atoms with Gasteiger partial charge in [0.25, 0.3) is 0 Å². The summed E-state index contributed by atoms with van der Waals surface area (Å²) in [5.74, 6) is 0.777. The second kappa shape index (κ2) is 6.59. The molecule has 2 aromatic carbocycles.